The van der Waals surface area contributed by atoms with Crippen molar-refractivity contribution in [2.45, 2.75) is 44.6 Å². The molecule has 0 bridgehead atoms. The van der Waals surface area contributed by atoms with Crippen LogP contribution in [0, 0.1) is 18.7 Å². The molecule has 13 heteroatoms. The fourth-order valence-electron chi connectivity index (χ4n) is 6.29. The third-order valence-electron chi connectivity index (χ3n) is 8.44. The van der Waals surface area contributed by atoms with Crippen LogP contribution in [0.5, 0.6) is 0 Å². The number of pyridine rings is 1. The fourth-order valence-corrected chi connectivity index (χ4v) is 6.29. The topological polar surface area (TPSA) is 109 Å². The Bertz CT molecular complexity index is 1890. The van der Waals surface area contributed by atoms with E-state index >= 15 is 0 Å². The maximum atomic E-state index is 14.8. The molecule has 0 spiro atoms. The van der Waals surface area contributed by atoms with Gasteiger partial charge in [0.25, 0.3) is 5.91 Å². The van der Waals surface area contributed by atoms with E-state index in [2.05, 4.69) is 20.4 Å². The summed E-state index contributed by atoms with van der Waals surface area (Å²) in [4.78, 5) is 41.0. The molecule has 1 aliphatic heterocycles. The van der Waals surface area contributed by atoms with Crippen LogP contribution in [0.4, 0.5) is 18.9 Å². The second-order valence-electron chi connectivity index (χ2n) is 11.4. The first-order valence-electron chi connectivity index (χ1n) is 14.4. The molecule has 2 amide bonds. The molecule has 4 heterocycles. The molecule has 1 saturated carbocycles. The number of benzene rings is 2. The number of aryl methyl sites for hydroxylation is 1. The zero-order valence-electron chi connectivity index (χ0n) is 24.1. The molecule has 2 aliphatic rings. The lowest BCUT2D eigenvalue weighted by Gasteiger charge is -2.37. The van der Waals surface area contributed by atoms with Crippen LogP contribution in [-0.2, 0) is 11.2 Å². The first-order valence-corrected chi connectivity index (χ1v) is 14.4. The lowest BCUT2D eigenvalue weighted by molar-refractivity contribution is -0.131. The molecule has 7 rings (SSSR count). The van der Waals surface area contributed by atoms with Crippen LogP contribution >= 0.6 is 12.4 Å². The van der Waals surface area contributed by atoms with Gasteiger partial charge in [-0.1, -0.05) is 0 Å². The van der Waals surface area contributed by atoms with E-state index in [1.165, 1.54) is 23.1 Å². The number of halogens is 4. The monoisotopic (exact) mass is 635 g/mol. The second kappa shape index (κ2) is 11.7. The van der Waals surface area contributed by atoms with Crippen LogP contribution in [-0.4, -0.2) is 55.1 Å². The van der Waals surface area contributed by atoms with Crippen molar-refractivity contribution in [2.24, 2.45) is 5.92 Å². The van der Waals surface area contributed by atoms with Crippen LogP contribution < -0.4 is 10.2 Å². The normalized spacial score (nSPS) is 18.8. The molecule has 45 heavy (non-hydrogen) atoms. The number of nitrogens with zero attached hydrogens (tertiary/aromatic N) is 5. The Hall–Kier alpha value is -4.71. The molecular weight excluding hydrogens is 607 g/mol. The van der Waals surface area contributed by atoms with E-state index in [9.17, 15) is 22.8 Å². The molecule has 232 valence electrons. The molecular formula is C32H29ClF3N7O2. The second-order valence-corrected chi connectivity index (χ2v) is 11.4. The van der Waals surface area contributed by atoms with Gasteiger partial charge >= 0.3 is 0 Å². The highest BCUT2D eigenvalue weighted by Gasteiger charge is 2.47. The number of hydrogen-bond donors (Lipinski definition) is 2. The molecule has 3 aromatic heterocycles. The van der Waals surface area contributed by atoms with Gasteiger partial charge in [0.15, 0.2) is 5.82 Å². The van der Waals surface area contributed by atoms with Gasteiger partial charge in [-0.25, -0.2) is 27.8 Å². The van der Waals surface area contributed by atoms with Gasteiger partial charge in [0.2, 0.25) is 11.8 Å². The van der Waals surface area contributed by atoms with Gasteiger partial charge in [0.05, 0.1) is 28.5 Å². The van der Waals surface area contributed by atoms with Gasteiger partial charge in [0.1, 0.15) is 11.5 Å². The molecule has 0 unspecified atom stereocenters. The lowest BCUT2D eigenvalue weighted by Crippen LogP contribution is -2.52. The van der Waals surface area contributed by atoms with Gasteiger partial charge < -0.3 is 15.2 Å². The third-order valence-corrected chi connectivity index (χ3v) is 8.44. The smallest absolute Gasteiger partial charge is 0.251 e. The van der Waals surface area contributed by atoms with E-state index in [0.717, 1.165) is 11.4 Å². The van der Waals surface area contributed by atoms with Crippen LogP contribution in [0.15, 0.2) is 67.1 Å². The zero-order chi connectivity index (χ0) is 30.6. The van der Waals surface area contributed by atoms with Crippen LogP contribution in [0.2, 0.25) is 0 Å². The highest BCUT2D eigenvalue weighted by atomic mass is 35.5. The van der Waals surface area contributed by atoms with E-state index in [-0.39, 0.29) is 25.4 Å². The lowest BCUT2D eigenvalue weighted by atomic mass is 9.81. The van der Waals surface area contributed by atoms with Gasteiger partial charge in [-0.05, 0) is 68.3 Å². The number of rotatable bonds is 5. The minimum Gasteiger partial charge on any atom is -0.348 e. The van der Waals surface area contributed by atoms with Gasteiger partial charge in [0, 0.05) is 60.5 Å². The minimum atomic E-state index is -3.07. The summed E-state index contributed by atoms with van der Waals surface area (Å²) in [5.74, 6) is -5.28. The van der Waals surface area contributed by atoms with E-state index in [1.807, 2.05) is 19.2 Å². The summed E-state index contributed by atoms with van der Waals surface area (Å²) in [5.41, 5.74) is 4.04. The molecule has 0 saturated heterocycles. The number of amides is 2. The van der Waals surface area contributed by atoms with Crippen molar-refractivity contribution in [3.05, 3.63) is 89.8 Å². The highest BCUT2D eigenvalue weighted by molar-refractivity contribution is 6.08. The Morgan fingerprint density at radius 2 is 1.91 bits per heavy atom. The number of nitrogens with one attached hydrogen (secondary N) is 2. The number of anilines is 1. The number of aromatic amines is 1. The first kappa shape index (κ1) is 30.3. The summed E-state index contributed by atoms with van der Waals surface area (Å²) >= 11 is 0. The number of aromatic nitrogens is 5. The molecule has 1 aliphatic carbocycles. The Kier molecular flexibility index (Phi) is 7.86. The van der Waals surface area contributed by atoms with Crippen molar-refractivity contribution in [3.63, 3.8) is 0 Å². The standard InChI is InChI=1S/C32H28F3N7O2.ClH/c1-18-9-15-42(40-18)21-5-2-19(3-6-21)30(43)39-26-8-11-32(34,35)17-24(26)31(44)41-14-10-22-27(29-36-12-13-37-29)38-25-7-4-20(33)16-23(25)28(22)41;/h2-7,9,12-13,15-16,24,26H,8,10-11,14,17H2,1H3,(H,36,37)(H,39,43);1H/t24-,26+;/m0./s1. The molecule has 5 aromatic rings. The van der Waals surface area contributed by atoms with E-state index < -0.39 is 48.4 Å². The first-order chi connectivity index (χ1) is 21.2. The Balaban J connectivity index is 0.00000357. The summed E-state index contributed by atoms with van der Waals surface area (Å²) in [6.45, 7) is 2.08. The number of alkyl halides is 2. The van der Waals surface area contributed by atoms with Crippen LogP contribution in [0.25, 0.3) is 28.1 Å². The van der Waals surface area contributed by atoms with Crippen molar-refractivity contribution >= 4 is 40.8 Å². The molecule has 2 N–H and O–H groups in total. The number of carbonyl (C=O) groups excluding carboxylic acids is 2. The maximum Gasteiger partial charge on any atom is 0.251 e. The van der Waals surface area contributed by atoms with Crippen molar-refractivity contribution in [2.75, 3.05) is 11.4 Å². The highest BCUT2D eigenvalue weighted by Crippen LogP contribution is 2.43. The number of carbonyl (C=O) groups is 2. The van der Waals surface area contributed by atoms with Crippen molar-refractivity contribution in [1.29, 1.82) is 0 Å². The summed E-state index contributed by atoms with van der Waals surface area (Å²) in [5, 5.41) is 7.64. The number of H-pyrrole nitrogens is 1. The SMILES string of the molecule is Cc1ccn(-c2ccc(C(=O)N[C@@H]3CCC(F)(F)C[C@@H]3C(=O)N3CCc4c(-c5ncc[nH]5)nc5ccc(F)cc5c43)cc2)n1.Cl. The minimum absolute atomic E-state index is 0. The van der Waals surface area contributed by atoms with Crippen molar-refractivity contribution < 1.29 is 22.8 Å². The average Bonchev–Trinajstić information content (AvgIpc) is 3.79. The predicted octanol–water partition coefficient (Wildman–Crippen LogP) is 5.80. The number of hydrogen-bond acceptors (Lipinski definition) is 5. The maximum absolute atomic E-state index is 14.8. The summed E-state index contributed by atoms with van der Waals surface area (Å²) in [6.07, 6.45) is 4.21. The van der Waals surface area contributed by atoms with Gasteiger partial charge in [-0.15, -0.1) is 12.4 Å². The van der Waals surface area contributed by atoms with E-state index in [1.54, 1.807) is 41.3 Å². The number of imidazole rings is 1. The predicted molar refractivity (Wildman–Crippen MR) is 164 cm³/mol. The van der Waals surface area contributed by atoms with E-state index in [0.29, 0.717) is 45.7 Å². The van der Waals surface area contributed by atoms with E-state index in [4.69, 9.17) is 4.98 Å². The Morgan fingerprint density at radius 3 is 2.62 bits per heavy atom. The Labute approximate surface area is 262 Å². The molecule has 9 nitrogen and oxygen atoms in total. The van der Waals surface area contributed by atoms with Crippen LogP contribution in [0.1, 0.15) is 40.9 Å². The van der Waals surface area contributed by atoms with Gasteiger partial charge in [-0.2, -0.15) is 5.10 Å². The zero-order valence-corrected chi connectivity index (χ0v) is 25.0. The van der Waals surface area contributed by atoms with Gasteiger partial charge in [-0.3, -0.25) is 9.59 Å². The molecule has 0 radical (unpaired) electrons. The Morgan fingerprint density at radius 1 is 1.11 bits per heavy atom. The number of fused-ring (bicyclic) bond motifs is 3. The molecule has 2 aromatic carbocycles. The van der Waals surface area contributed by atoms with Crippen molar-refractivity contribution in [3.8, 4) is 17.2 Å². The fraction of sp³-hybridized carbons (Fsp3) is 0.281. The molecule has 2 atom stereocenters. The van der Waals surface area contributed by atoms with Crippen molar-refractivity contribution in [1.82, 2.24) is 30.0 Å². The average molecular weight is 636 g/mol. The third kappa shape index (κ3) is 5.66. The largest absolute Gasteiger partial charge is 0.348 e. The quantitative estimate of drug-likeness (QED) is 0.254. The summed E-state index contributed by atoms with van der Waals surface area (Å²) in [6, 6.07) is 11.9. The van der Waals surface area contributed by atoms with Crippen LogP contribution in [0.3, 0.4) is 0 Å². The molecule has 1 fully saturated rings. The summed E-state index contributed by atoms with van der Waals surface area (Å²) < 4.78 is 45.8. The summed E-state index contributed by atoms with van der Waals surface area (Å²) in [7, 11) is 0.